The lowest BCUT2D eigenvalue weighted by Crippen LogP contribution is -2.36. The van der Waals surface area contributed by atoms with Gasteiger partial charge in [-0.3, -0.25) is 4.79 Å². The molecule has 0 radical (unpaired) electrons. The van der Waals surface area contributed by atoms with Gasteiger partial charge in [0.25, 0.3) is 5.91 Å². The fraction of sp³-hybridized carbons (Fsp3) is 0.462. The van der Waals surface area contributed by atoms with E-state index in [-0.39, 0.29) is 17.7 Å². The minimum Gasteiger partial charge on any atom is -0.504 e. The Balaban J connectivity index is 2.21. The van der Waals surface area contributed by atoms with Crippen LogP contribution in [0.2, 0.25) is 0 Å². The van der Waals surface area contributed by atoms with Crippen LogP contribution in [-0.2, 0) is 0 Å². The van der Waals surface area contributed by atoms with Gasteiger partial charge in [-0.25, -0.2) is 0 Å². The first kappa shape index (κ1) is 13.2. The molecule has 1 aliphatic rings. The summed E-state index contributed by atoms with van der Waals surface area (Å²) in [6, 6.07) is 5.01. The van der Waals surface area contributed by atoms with Crippen molar-refractivity contribution in [3.63, 3.8) is 0 Å². The Kier molecular flexibility index (Phi) is 4.11. The van der Waals surface area contributed by atoms with Crippen LogP contribution in [0.15, 0.2) is 18.2 Å². The van der Waals surface area contributed by atoms with Gasteiger partial charge in [0.2, 0.25) is 0 Å². The number of phenolic OH excluding ortho intramolecular Hbond substituents is 1. The molecule has 1 aromatic carbocycles. The predicted octanol–water partition coefficient (Wildman–Crippen LogP) is 2.40. The molecule has 2 rings (SSSR count). The van der Waals surface area contributed by atoms with E-state index in [0.29, 0.717) is 11.3 Å². The molecule has 1 aromatic rings. The number of likely N-dealkylation sites (tertiary alicyclic amines) is 1. The van der Waals surface area contributed by atoms with Crippen molar-refractivity contribution in [1.82, 2.24) is 4.90 Å². The summed E-state index contributed by atoms with van der Waals surface area (Å²) in [5, 5.41) is 10.5. The van der Waals surface area contributed by atoms with Gasteiger partial charge in [-0.1, -0.05) is 15.9 Å². The maximum atomic E-state index is 12.3. The van der Waals surface area contributed by atoms with Crippen molar-refractivity contribution in [2.45, 2.75) is 18.9 Å². The predicted molar refractivity (Wildman–Crippen MR) is 72.5 cm³/mol. The summed E-state index contributed by atoms with van der Waals surface area (Å²) in [5.74, 6) is 0.345. The zero-order valence-corrected chi connectivity index (χ0v) is 11.8. The first-order valence-electron chi connectivity index (χ1n) is 5.91. The molecule has 18 heavy (non-hydrogen) atoms. The Morgan fingerprint density at radius 3 is 3.00 bits per heavy atom. The van der Waals surface area contributed by atoms with Gasteiger partial charge in [-0.15, -0.1) is 0 Å². The van der Waals surface area contributed by atoms with Crippen molar-refractivity contribution in [2.24, 2.45) is 0 Å². The van der Waals surface area contributed by atoms with Crippen molar-refractivity contribution in [3.05, 3.63) is 23.8 Å². The van der Waals surface area contributed by atoms with Crippen LogP contribution in [0.3, 0.4) is 0 Å². The lowest BCUT2D eigenvalue weighted by atomic mass is 10.1. The largest absolute Gasteiger partial charge is 0.504 e. The lowest BCUT2D eigenvalue weighted by Gasteiger charge is -2.23. The molecule has 4 nitrogen and oxygen atoms in total. The quantitative estimate of drug-likeness (QED) is 0.872. The van der Waals surface area contributed by atoms with Crippen molar-refractivity contribution < 1.29 is 14.6 Å². The van der Waals surface area contributed by atoms with E-state index >= 15 is 0 Å². The molecular formula is C13H16BrNO3. The number of carbonyl (C=O) groups excluding carboxylic acids is 1. The number of rotatable bonds is 3. The third-order valence-corrected chi connectivity index (χ3v) is 3.99. The minimum atomic E-state index is -0.0325. The van der Waals surface area contributed by atoms with E-state index in [4.69, 9.17) is 4.74 Å². The Morgan fingerprint density at radius 1 is 1.61 bits per heavy atom. The van der Waals surface area contributed by atoms with E-state index in [1.165, 1.54) is 13.2 Å². The fourth-order valence-electron chi connectivity index (χ4n) is 2.25. The highest BCUT2D eigenvalue weighted by Gasteiger charge is 2.28. The third-order valence-electron chi connectivity index (χ3n) is 3.24. The molecular weight excluding hydrogens is 298 g/mol. The first-order valence-corrected chi connectivity index (χ1v) is 7.03. The van der Waals surface area contributed by atoms with E-state index in [9.17, 15) is 9.90 Å². The number of methoxy groups -OCH3 is 1. The molecule has 0 aliphatic carbocycles. The number of aromatic hydroxyl groups is 1. The molecule has 1 amide bonds. The number of hydrogen-bond acceptors (Lipinski definition) is 3. The summed E-state index contributed by atoms with van der Waals surface area (Å²) >= 11 is 3.43. The van der Waals surface area contributed by atoms with Crippen molar-refractivity contribution >= 4 is 21.8 Å². The molecule has 0 saturated carbocycles. The number of alkyl halides is 1. The van der Waals surface area contributed by atoms with E-state index < -0.39 is 0 Å². The van der Waals surface area contributed by atoms with Crippen LogP contribution < -0.4 is 4.74 Å². The smallest absolute Gasteiger partial charge is 0.254 e. The monoisotopic (exact) mass is 313 g/mol. The van der Waals surface area contributed by atoms with E-state index in [1.807, 2.05) is 4.90 Å². The Bertz CT molecular complexity index is 450. The topological polar surface area (TPSA) is 49.8 Å². The average Bonchev–Trinajstić information content (AvgIpc) is 2.86. The van der Waals surface area contributed by atoms with Gasteiger partial charge in [-0.2, -0.15) is 0 Å². The fourth-order valence-corrected chi connectivity index (χ4v) is 2.93. The molecule has 0 aromatic heterocycles. The maximum absolute atomic E-state index is 12.3. The normalized spacial score (nSPS) is 19.0. The van der Waals surface area contributed by atoms with Crippen LogP contribution >= 0.6 is 15.9 Å². The molecule has 5 heteroatoms. The number of halogens is 1. The molecule has 1 unspecified atom stereocenters. The summed E-state index contributed by atoms with van der Waals surface area (Å²) in [4.78, 5) is 14.2. The average molecular weight is 314 g/mol. The molecule has 98 valence electrons. The molecule has 1 N–H and O–H groups in total. The summed E-state index contributed by atoms with van der Waals surface area (Å²) in [6.07, 6.45) is 2.06. The SMILES string of the molecule is COc1ccc(C(=O)N2CCCC2CBr)cc1O. The number of phenols is 1. The number of nitrogens with zero attached hydrogens (tertiary/aromatic N) is 1. The summed E-state index contributed by atoms with van der Waals surface area (Å²) in [6.45, 7) is 0.780. The van der Waals surface area contributed by atoms with Crippen LogP contribution in [0.1, 0.15) is 23.2 Å². The Morgan fingerprint density at radius 2 is 2.39 bits per heavy atom. The van der Waals surface area contributed by atoms with Crippen LogP contribution in [-0.4, -0.2) is 40.9 Å². The first-order chi connectivity index (χ1) is 8.67. The molecule has 1 aliphatic heterocycles. The standard InChI is InChI=1S/C13H16BrNO3/c1-18-12-5-4-9(7-11(12)16)13(17)15-6-2-3-10(15)8-14/h4-5,7,10,16H,2-3,6,8H2,1H3. The summed E-state index contributed by atoms with van der Waals surface area (Å²) < 4.78 is 4.97. The Hall–Kier alpha value is -1.23. The molecule has 0 spiro atoms. The van der Waals surface area contributed by atoms with Gasteiger partial charge < -0.3 is 14.7 Å². The third kappa shape index (κ3) is 2.46. The Labute approximate surface area is 115 Å². The zero-order chi connectivity index (χ0) is 13.1. The van der Waals surface area contributed by atoms with Crippen molar-refractivity contribution in [3.8, 4) is 11.5 Å². The van der Waals surface area contributed by atoms with Crippen LogP contribution in [0.5, 0.6) is 11.5 Å². The number of amides is 1. The highest BCUT2D eigenvalue weighted by Crippen LogP contribution is 2.28. The van der Waals surface area contributed by atoms with Crippen LogP contribution in [0.4, 0.5) is 0 Å². The summed E-state index contributed by atoms with van der Waals surface area (Å²) in [7, 11) is 1.48. The van der Waals surface area contributed by atoms with E-state index in [0.717, 1.165) is 24.7 Å². The number of hydrogen-bond donors (Lipinski definition) is 1. The van der Waals surface area contributed by atoms with Gasteiger partial charge in [-0.05, 0) is 31.0 Å². The van der Waals surface area contributed by atoms with Gasteiger partial charge in [0, 0.05) is 23.5 Å². The highest BCUT2D eigenvalue weighted by atomic mass is 79.9. The van der Waals surface area contributed by atoms with E-state index in [2.05, 4.69) is 15.9 Å². The molecule has 1 fully saturated rings. The maximum Gasteiger partial charge on any atom is 0.254 e. The van der Waals surface area contributed by atoms with Gasteiger partial charge >= 0.3 is 0 Å². The number of carbonyl (C=O) groups is 1. The van der Waals surface area contributed by atoms with Gasteiger partial charge in [0.1, 0.15) is 0 Å². The zero-order valence-electron chi connectivity index (χ0n) is 10.2. The second-order valence-electron chi connectivity index (χ2n) is 4.34. The van der Waals surface area contributed by atoms with Crippen molar-refractivity contribution in [2.75, 3.05) is 19.0 Å². The van der Waals surface area contributed by atoms with Gasteiger partial charge in [0.15, 0.2) is 11.5 Å². The number of benzene rings is 1. The molecule has 1 saturated heterocycles. The molecule has 0 bridgehead atoms. The van der Waals surface area contributed by atoms with Crippen LogP contribution in [0, 0.1) is 0 Å². The molecule has 1 heterocycles. The van der Waals surface area contributed by atoms with Gasteiger partial charge in [0.05, 0.1) is 7.11 Å². The van der Waals surface area contributed by atoms with Crippen molar-refractivity contribution in [1.29, 1.82) is 0 Å². The minimum absolute atomic E-state index is 0.00191. The van der Waals surface area contributed by atoms with Crippen LogP contribution in [0.25, 0.3) is 0 Å². The number of ether oxygens (including phenoxy) is 1. The lowest BCUT2D eigenvalue weighted by molar-refractivity contribution is 0.0750. The molecule has 1 atom stereocenters. The van der Waals surface area contributed by atoms with E-state index in [1.54, 1.807) is 12.1 Å². The second-order valence-corrected chi connectivity index (χ2v) is 4.98. The second kappa shape index (κ2) is 5.61. The summed E-state index contributed by atoms with van der Waals surface area (Å²) in [5.41, 5.74) is 0.501. The highest BCUT2D eigenvalue weighted by molar-refractivity contribution is 9.09.